The minimum Gasteiger partial charge on any atom is -0.389 e. The van der Waals surface area contributed by atoms with Gasteiger partial charge in [-0.25, -0.2) is 0 Å². The maximum atomic E-state index is 9.61. The molecule has 1 aliphatic rings. The van der Waals surface area contributed by atoms with Gasteiger partial charge in [0.15, 0.2) is 0 Å². The van der Waals surface area contributed by atoms with E-state index in [0.717, 1.165) is 42.6 Å². The predicted molar refractivity (Wildman–Crippen MR) is 81.6 cm³/mol. The average molecular weight is 328 g/mol. The van der Waals surface area contributed by atoms with Crippen LogP contribution in [0.5, 0.6) is 0 Å². The van der Waals surface area contributed by atoms with E-state index in [1.165, 1.54) is 5.69 Å². The Kier molecular flexibility index (Phi) is 5.25. The first kappa shape index (κ1) is 14.8. The molecule has 1 unspecified atom stereocenters. The van der Waals surface area contributed by atoms with Crippen molar-refractivity contribution in [1.29, 1.82) is 0 Å². The second-order valence-electron chi connectivity index (χ2n) is 5.05. The number of anilines is 1. The van der Waals surface area contributed by atoms with Crippen LogP contribution in [0.4, 0.5) is 5.69 Å². The summed E-state index contributed by atoms with van der Waals surface area (Å²) in [6.07, 6.45) is 2.22. The molecule has 1 aliphatic heterocycles. The molecule has 0 aliphatic carbocycles. The second-order valence-corrected chi connectivity index (χ2v) is 5.91. The summed E-state index contributed by atoms with van der Waals surface area (Å²) < 4.78 is 6.78. The Morgan fingerprint density at radius 3 is 2.95 bits per heavy atom. The molecular formula is C15H22BrNO2. The van der Waals surface area contributed by atoms with Gasteiger partial charge in [0.1, 0.15) is 0 Å². The molecule has 3 nitrogen and oxygen atoms in total. The summed E-state index contributed by atoms with van der Waals surface area (Å²) >= 11 is 3.62. The number of nitrogens with zero attached hydrogens (tertiary/aromatic N) is 1. The van der Waals surface area contributed by atoms with E-state index in [2.05, 4.69) is 26.9 Å². The average Bonchev–Trinajstić information content (AvgIpc) is 2.39. The zero-order valence-electron chi connectivity index (χ0n) is 11.6. The van der Waals surface area contributed by atoms with Gasteiger partial charge < -0.3 is 14.7 Å². The number of aliphatic hydroxyl groups is 1. The third kappa shape index (κ3) is 3.71. The van der Waals surface area contributed by atoms with Crippen LogP contribution >= 0.6 is 15.9 Å². The van der Waals surface area contributed by atoms with Gasteiger partial charge in [0.05, 0.1) is 17.9 Å². The molecule has 19 heavy (non-hydrogen) atoms. The molecule has 106 valence electrons. The monoisotopic (exact) mass is 327 g/mol. The van der Waals surface area contributed by atoms with Crippen LogP contribution in [-0.4, -0.2) is 30.9 Å². The summed E-state index contributed by atoms with van der Waals surface area (Å²) in [5, 5.41) is 9.61. The predicted octanol–water partition coefficient (Wildman–Crippen LogP) is 3.51. The number of benzene rings is 1. The molecular weight excluding hydrogens is 306 g/mol. The van der Waals surface area contributed by atoms with Gasteiger partial charge in [0.25, 0.3) is 0 Å². The molecule has 1 saturated heterocycles. The fraction of sp³-hybridized carbons (Fsp3) is 0.600. The van der Waals surface area contributed by atoms with Gasteiger partial charge in [-0.1, -0.05) is 6.07 Å². The molecule has 1 heterocycles. The molecule has 0 spiro atoms. The van der Waals surface area contributed by atoms with E-state index in [1.807, 2.05) is 19.1 Å². The van der Waals surface area contributed by atoms with Gasteiger partial charge in [-0.2, -0.15) is 0 Å². The highest BCUT2D eigenvalue weighted by molar-refractivity contribution is 9.10. The van der Waals surface area contributed by atoms with Crippen molar-refractivity contribution < 1.29 is 9.84 Å². The highest BCUT2D eigenvalue weighted by Gasteiger charge is 2.21. The SMILES string of the molecule is CCOC1CCCN(c2ccc([C@H](C)O)cc2Br)C1. The molecule has 0 saturated carbocycles. The van der Waals surface area contributed by atoms with Gasteiger partial charge in [-0.15, -0.1) is 0 Å². The van der Waals surface area contributed by atoms with E-state index in [1.54, 1.807) is 6.92 Å². The lowest BCUT2D eigenvalue weighted by Gasteiger charge is -2.34. The molecule has 0 amide bonds. The Hall–Kier alpha value is -0.580. The van der Waals surface area contributed by atoms with Crippen molar-refractivity contribution in [2.45, 2.75) is 38.9 Å². The zero-order chi connectivity index (χ0) is 13.8. The molecule has 1 aromatic carbocycles. The van der Waals surface area contributed by atoms with Gasteiger partial charge in [0.2, 0.25) is 0 Å². The van der Waals surface area contributed by atoms with Crippen molar-refractivity contribution in [2.75, 3.05) is 24.6 Å². The lowest BCUT2D eigenvalue weighted by atomic mass is 10.1. The molecule has 0 bridgehead atoms. The van der Waals surface area contributed by atoms with Crippen molar-refractivity contribution in [3.05, 3.63) is 28.2 Å². The van der Waals surface area contributed by atoms with Crippen LogP contribution in [0.1, 0.15) is 38.4 Å². The molecule has 0 radical (unpaired) electrons. The van der Waals surface area contributed by atoms with E-state index in [0.29, 0.717) is 6.10 Å². The van der Waals surface area contributed by atoms with Crippen LogP contribution in [0.2, 0.25) is 0 Å². The summed E-state index contributed by atoms with van der Waals surface area (Å²) in [7, 11) is 0. The van der Waals surface area contributed by atoms with Gasteiger partial charge in [-0.3, -0.25) is 0 Å². The zero-order valence-corrected chi connectivity index (χ0v) is 13.2. The molecule has 4 heteroatoms. The largest absolute Gasteiger partial charge is 0.389 e. The number of rotatable bonds is 4. The number of hydrogen-bond donors (Lipinski definition) is 1. The van der Waals surface area contributed by atoms with E-state index >= 15 is 0 Å². The summed E-state index contributed by atoms with van der Waals surface area (Å²) in [4.78, 5) is 2.36. The minimum absolute atomic E-state index is 0.335. The first-order valence-corrected chi connectivity index (χ1v) is 7.75. The molecule has 1 fully saturated rings. The Morgan fingerprint density at radius 2 is 2.32 bits per heavy atom. The van der Waals surface area contributed by atoms with E-state index in [-0.39, 0.29) is 0 Å². The summed E-state index contributed by atoms with van der Waals surface area (Å²) in [6, 6.07) is 6.08. The van der Waals surface area contributed by atoms with Crippen molar-refractivity contribution >= 4 is 21.6 Å². The first-order chi connectivity index (χ1) is 9.11. The third-order valence-electron chi connectivity index (χ3n) is 3.58. The summed E-state index contributed by atoms with van der Waals surface area (Å²) in [6.45, 7) is 6.62. The Balaban J connectivity index is 2.12. The number of ether oxygens (including phenoxy) is 1. The van der Waals surface area contributed by atoms with Crippen molar-refractivity contribution in [3.63, 3.8) is 0 Å². The van der Waals surface area contributed by atoms with Crippen molar-refractivity contribution in [3.8, 4) is 0 Å². The molecule has 1 aromatic rings. The molecule has 1 N–H and O–H groups in total. The molecule has 2 rings (SSSR count). The Bertz CT molecular complexity index is 421. The molecule has 2 atom stereocenters. The summed E-state index contributed by atoms with van der Waals surface area (Å²) in [5.41, 5.74) is 2.13. The quantitative estimate of drug-likeness (QED) is 0.918. The normalized spacial score (nSPS) is 21.5. The van der Waals surface area contributed by atoms with Gasteiger partial charge in [0, 0.05) is 24.2 Å². The fourth-order valence-electron chi connectivity index (χ4n) is 2.57. The minimum atomic E-state index is -0.428. The maximum absolute atomic E-state index is 9.61. The van der Waals surface area contributed by atoms with Gasteiger partial charge in [-0.05, 0) is 60.3 Å². The third-order valence-corrected chi connectivity index (χ3v) is 4.21. The van der Waals surface area contributed by atoms with Crippen LogP contribution in [-0.2, 0) is 4.74 Å². The molecule has 0 aromatic heterocycles. The van der Waals surface area contributed by atoms with E-state index in [9.17, 15) is 5.11 Å². The number of halogens is 1. The number of hydrogen-bond acceptors (Lipinski definition) is 3. The van der Waals surface area contributed by atoms with Crippen LogP contribution in [0.25, 0.3) is 0 Å². The summed E-state index contributed by atoms with van der Waals surface area (Å²) in [5.74, 6) is 0. The maximum Gasteiger partial charge on any atom is 0.0762 e. The Morgan fingerprint density at radius 1 is 1.53 bits per heavy atom. The Labute approximate surface area is 123 Å². The first-order valence-electron chi connectivity index (χ1n) is 6.96. The van der Waals surface area contributed by atoms with Crippen LogP contribution < -0.4 is 4.90 Å². The highest BCUT2D eigenvalue weighted by Crippen LogP contribution is 2.31. The second kappa shape index (κ2) is 6.73. The number of piperidine rings is 1. The van der Waals surface area contributed by atoms with Crippen molar-refractivity contribution in [1.82, 2.24) is 0 Å². The van der Waals surface area contributed by atoms with Crippen LogP contribution in [0, 0.1) is 0 Å². The smallest absolute Gasteiger partial charge is 0.0762 e. The number of aliphatic hydroxyl groups excluding tert-OH is 1. The van der Waals surface area contributed by atoms with Crippen molar-refractivity contribution in [2.24, 2.45) is 0 Å². The van der Waals surface area contributed by atoms with E-state index < -0.39 is 6.10 Å². The van der Waals surface area contributed by atoms with Crippen LogP contribution in [0.15, 0.2) is 22.7 Å². The topological polar surface area (TPSA) is 32.7 Å². The van der Waals surface area contributed by atoms with E-state index in [4.69, 9.17) is 4.74 Å². The van der Waals surface area contributed by atoms with Gasteiger partial charge >= 0.3 is 0 Å². The lowest BCUT2D eigenvalue weighted by Crippen LogP contribution is -2.39. The lowest BCUT2D eigenvalue weighted by molar-refractivity contribution is 0.0526. The fourth-order valence-corrected chi connectivity index (χ4v) is 3.22. The highest BCUT2D eigenvalue weighted by atomic mass is 79.9. The standard InChI is InChI=1S/C15H22BrNO2/c1-3-19-13-5-4-8-17(10-13)15-7-6-12(11(2)18)9-14(15)16/h6-7,9,11,13,18H,3-5,8,10H2,1-2H3/t11-,13?/m0/s1. The van der Waals surface area contributed by atoms with Crippen LogP contribution in [0.3, 0.4) is 0 Å².